The molecular formula is C14H12N2O4S. The van der Waals surface area contributed by atoms with Gasteiger partial charge in [-0.15, -0.1) is 0 Å². The van der Waals surface area contributed by atoms with E-state index in [1.165, 1.54) is 30.6 Å². The lowest BCUT2D eigenvalue weighted by Gasteiger charge is -2.08. The first kappa shape index (κ1) is 14.7. The Morgan fingerprint density at radius 2 is 2.05 bits per heavy atom. The number of benzene rings is 1. The van der Waals surface area contributed by atoms with Gasteiger partial charge in [0.05, 0.1) is 16.8 Å². The largest absolute Gasteiger partial charge is 0.478 e. The zero-order chi connectivity index (χ0) is 15.3. The van der Waals surface area contributed by atoms with E-state index in [1.54, 1.807) is 24.3 Å². The van der Waals surface area contributed by atoms with Crippen molar-refractivity contribution in [3.8, 4) is 0 Å². The molecular weight excluding hydrogens is 292 g/mol. The third kappa shape index (κ3) is 4.15. The number of aromatic nitrogens is 1. The fraction of sp³-hybridized carbons (Fsp3) is 0. The van der Waals surface area contributed by atoms with E-state index in [2.05, 4.69) is 9.71 Å². The van der Waals surface area contributed by atoms with Crippen molar-refractivity contribution in [3.05, 3.63) is 60.4 Å². The van der Waals surface area contributed by atoms with E-state index >= 15 is 0 Å². The molecule has 1 aromatic carbocycles. The maximum atomic E-state index is 12.2. The van der Waals surface area contributed by atoms with E-state index in [-0.39, 0.29) is 4.90 Å². The van der Waals surface area contributed by atoms with Crippen molar-refractivity contribution in [1.82, 2.24) is 4.98 Å². The van der Waals surface area contributed by atoms with Crippen LogP contribution in [0.25, 0.3) is 6.08 Å². The molecule has 0 aliphatic rings. The molecule has 0 aliphatic heterocycles. The molecule has 2 N–H and O–H groups in total. The van der Waals surface area contributed by atoms with Crippen LogP contribution in [-0.2, 0) is 14.8 Å². The molecule has 0 radical (unpaired) electrons. The summed E-state index contributed by atoms with van der Waals surface area (Å²) < 4.78 is 26.8. The average molecular weight is 304 g/mol. The third-order valence-electron chi connectivity index (χ3n) is 2.50. The summed E-state index contributed by atoms with van der Waals surface area (Å²) in [7, 11) is -3.75. The molecule has 0 fully saturated rings. The van der Waals surface area contributed by atoms with Crippen LogP contribution in [0.1, 0.15) is 5.56 Å². The Balaban J connectivity index is 2.28. The molecule has 6 nitrogen and oxygen atoms in total. The second-order valence-corrected chi connectivity index (χ2v) is 5.77. The third-order valence-corrected chi connectivity index (χ3v) is 3.88. The first-order valence-electron chi connectivity index (χ1n) is 5.91. The van der Waals surface area contributed by atoms with Gasteiger partial charge in [0.1, 0.15) is 0 Å². The van der Waals surface area contributed by atoms with Crippen molar-refractivity contribution >= 4 is 27.8 Å². The van der Waals surface area contributed by atoms with Crippen LogP contribution in [0.5, 0.6) is 0 Å². The Bertz CT molecular complexity index is 771. The Morgan fingerprint density at radius 1 is 1.24 bits per heavy atom. The summed E-state index contributed by atoms with van der Waals surface area (Å²) in [6.07, 6.45) is 5.20. The Morgan fingerprint density at radius 3 is 2.71 bits per heavy atom. The number of carbonyl (C=O) groups is 1. The summed E-state index contributed by atoms with van der Waals surface area (Å²) in [4.78, 5) is 14.3. The quantitative estimate of drug-likeness (QED) is 0.823. The van der Waals surface area contributed by atoms with Gasteiger partial charge in [-0.25, -0.2) is 13.2 Å². The molecule has 2 rings (SSSR count). The first-order valence-corrected chi connectivity index (χ1v) is 7.39. The molecule has 0 bridgehead atoms. The highest BCUT2D eigenvalue weighted by Crippen LogP contribution is 2.17. The Hall–Kier alpha value is -2.67. The number of nitrogens with one attached hydrogen (secondary N) is 1. The van der Waals surface area contributed by atoms with E-state index in [9.17, 15) is 13.2 Å². The van der Waals surface area contributed by atoms with Crippen LogP contribution >= 0.6 is 0 Å². The average Bonchev–Trinajstić information content (AvgIpc) is 2.46. The van der Waals surface area contributed by atoms with E-state index in [4.69, 9.17) is 5.11 Å². The molecule has 7 heteroatoms. The number of anilines is 1. The zero-order valence-corrected chi connectivity index (χ0v) is 11.6. The van der Waals surface area contributed by atoms with Gasteiger partial charge in [-0.3, -0.25) is 9.71 Å². The smallest absolute Gasteiger partial charge is 0.328 e. The minimum Gasteiger partial charge on any atom is -0.478 e. The number of carboxylic acid groups (broad SMARTS) is 1. The maximum Gasteiger partial charge on any atom is 0.328 e. The molecule has 0 spiro atoms. The summed E-state index contributed by atoms with van der Waals surface area (Å²) in [5.41, 5.74) is 0.829. The van der Waals surface area contributed by atoms with Crippen LogP contribution < -0.4 is 4.72 Å². The number of rotatable bonds is 5. The van der Waals surface area contributed by atoms with Gasteiger partial charge in [-0.1, -0.05) is 12.1 Å². The zero-order valence-electron chi connectivity index (χ0n) is 10.8. The molecule has 21 heavy (non-hydrogen) atoms. The van der Waals surface area contributed by atoms with Crippen molar-refractivity contribution in [2.75, 3.05) is 4.72 Å². The van der Waals surface area contributed by atoms with E-state index < -0.39 is 16.0 Å². The van der Waals surface area contributed by atoms with Gasteiger partial charge in [0.25, 0.3) is 10.0 Å². The fourth-order valence-electron chi connectivity index (χ4n) is 1.59. The van der Waals surface area contributed by atoms with Gasteiger partial charge in [-0.2, -0.15) is 0 Å². The molecule has 0 saturated carbocycles. The minimum atomic E-state index is -3.75. The van der Waals surface area contributed by atoms with Gasteiger partial charge in [0.15, 0.2) is 0 Å². The molecule has 0 aliphatic carbocycles. The lowest BCUT2D eigenvalue weighted by Crippen LogP contribution is -2.13. The standard InChI is InChI=1S/C14H12N2O4S/c17-14(18)7-6-11-3-1-5-13(9-11)21(19,20)16-12-4-2-8-15-10-12/h1-10,16H,(H,17,18). The summed E-state index contributed by atoms with van der Waals surface area (Å²) in [5, 5.41) is 8.57. The maximum absolute atomic E-state index is 12.2. The van der Waals surface area contributed by atoms with Crippen molar-refractivity contribution in [3.63, 3.8) is 0 Å². The lowest BCUT2D eigenvalue weighted by atomic mass is 10.2. The van der Waals surface area contributed by atoms with Gasteiger partial charge in [-0.05, 0) is 35.9 Å². The highest BCUT2D eigenvalue weighted by Gasteiger charge is 2.14. The van der Waals surface area contributed by atoms with Crippen molar-refractivity contribution in [1.29, 1.82) is 0 Å². The molecule has 108 valence electrons. The molecule has 0 saturated heterocycles. The number of nitrogens with zero attached hydrogens (tertiary/aromatic N) is 1. The molecule has 1 heterocycles. The van der Waals surface area contributed by atoms with E-state index in [0.29, 0.717) is 11.3 Å². The first-order chi connectivity index (χ1) is 9.97. The fourth-order valence-corrected chi connectivity index (χ4v) is 2.69. The molecule has 0 unspecified atom stereocenters. The Labute approximate surface area is 121 Å². The summed E-state index contributed by atoms with van der Waals surface area (Å²) in [5.74, 6) is -1.10. The Kier molecular flexibility index (Phi) is 4.34. The number of hydrogen-bond acceptors (Lipinski definition) is 4. The number of sulfonamides is 1. The van der Waals surface area contributed by atoms with Crippen molar-refractivity contribution < 1.29 is 18.3 Å². The van der Waals surface area contributed by atoms with Crippen LogP contribution in [0.15, 0.2) is 59.8 Å². The lowest BCUT2D eigenvalue weighted by molar-refractivity contribution is -0.131. The number of aliphatic carboxylic acids is 1. The van der Waals surface area contributed by atoms with Crippen LogP contribution in [0, 0.1) is 0 Å². The monoisotopic (exact) mass is 304 g/mol. The summed E-state index contributed by atoms with van der Waals surface area (Å²) in [6, 6.07) is 9.17. The molecule has 1 aromatic heterocycles. The van der Waals surface area contributed by atoms with Gasteiger partial charge < -0.3 is 5.11 Å². The van der Waals surface area contributed by atoms with Gasteiger partial charge in [0, 0.05) is 12.3 Å². The number of pyridine rings is 1. The molecule has 0 atom stereocenters. The predicted molar refractivity (Wildman–Crippen MR) is 78.2 cm³/mol. The molecule has 0 amide bonds. The second kappa shape index (κ2) is 6.19. The van der Waals surface area contributed by atoms with E-state index in [0.717, 1.165) is 6.08 Å². The minimum absolute atomic E-state index is 0.0406. The topological polar surface area (TPSA) is 96.4 Å². The number of carboxylic acids is 1. The second-order valence-electron chi connectivity index (χ2n) is 4.09. The number of hydrogen-bond donors (Lipinski definition) is 2. The van der Waals surface area contributed by atoms with Crippen molar-refractivity contribution in [2.45, 2.75) is 4.90 Å². The normalized spacial score (nSPS) is 11.4. The van der Waals surface area contributed by atoms with Gasteiger partial charge in [0.2, 0.25) is 0 Å². The summed E-state index contributed by atoms with van der Waals surface area (Å²) in [6.45, 7) is 0. The summed E-state index contributed by atoms with van der Waals surface area (Å²) >= 11 is 0. The van der Waals surface area contributed by atoms with Crippen LogP contribution in [0.4, 0.5) is 5.69 Å². The van der Waals surface area contributed by atoms with Crippen LogP contribution in [0.3, 0.4) is 0 Å². The SMILES string of the molecule is O=C(O)C=Cc1cccc(S(=O)(=O)Nc2cccnc2)c1. The highest BCUT2D eigenvalue weighted by atomic mass is 32.2. The van der Waals surface area contributed by atoms with Crippen LogP contribution in [0.2, 0.25) is 0 Å². The highest BCUT2D eigenvalue weighted by molar-refractivity contribution is 7.92. The van der Waals surface area contributed by atoms with Crippen LogP contribution in [-0.4, -0.2) is 24.5 Å². The van der Waals surface area contributed by atoms with E-state index in [1.807, 2.05) is 0 Å². The predicted octanol–water partition coefficient (Wildman–Crippen LogP) is 1.98. The van der Waals surface area contributed by atoms with Crippen molar-refractivity contribution in [2.24, 2.45) is 0 Å². The molecule has 2 aromatic rings. The van der Waals surface area contributed by atoms with Gasteiger partial charge >= 0.3 is 5.97 Å².